The summed E-state index contributed by atoms with van der Waals surface area (Å²) in [6.07, 6.45) is 1.53. The third kappa shape index (κ3) is 8.55. The topological polar surface area (TPSA) is 109 Å². The van der Waals surface area contributed by atoms with Gasteiger partial charge in [0.25, 0.3) is 11.8 Å². The second-order valence-corrected chi connectivity index (χ2v) is 13.2. The number of nitrogens with zero attached hydrogens (tertiary/aromatic N) is 1. The predicted molar refractivity (Wildman–Crippen MR) is 198 cm³/mol. The molecule has 0 saturated heterocycles. The van der Waals surface area contributed by atoms with E-state index in [0.29, 0.717) is 32.7 Å². The van der Waals surface area contributed by atoms with Crippen LogP contribution in [0.3, 0.4) is 0 Å². The molecule has 0 spiro atoms. The van der Waals surface area contributed by atoms with Crippen molar-refractivity contribution in [3.05, 3.63) is 155 Å². The largest absolute Gasteiger partial charge is 0.497 e. The van der Waals surface area contributed by atoms with E-state index in [4.69, 9.17) is 16.3 Å². The average Bonchev–Trinajstić information content (AvgIpc) is 3.53. The summed E-state index contributed by atoms with van der Waals surface area (Å²) in [6.45, 7) is 0. The Balaban J connectivity index is 1.23. The van der Waals surface area contributed by atoms with Crippen LogP contribution < -0.4 is 20.7 Å². The summed E-state index contributed by atoms with van der Waals surface area (Å²) in [4.78, 5) is 45.8. The second-order valence-electron chi connectivity index (χ2n) is 10.6. The van der Waals surface area contributed by atoms with Crippen molar-refractivity contribution in [2.45, 2.75) is 10.1 Å². The van der Waals surface area contributed by atoms with Crippen molar-refractivity contribution in [1.82, 2.24) is 10.3 Å². The van der Waals surface area contributed by atoms with Gasteiger partial charge in [-0.2, -0.15) is 0 Å². The fourth-order valence-corrected chi connectivity index (χ4v) is 7.00. The Labute approximate surface area is 296 Å². The normalized spacial score (nSPS) is 11.8. The van der Waals surface area contributed by atoms with Crippen LogP contribution in [0.1, 0.15) is 26.7 Å². The minimum atomic E-state index is -0.630. The number of hydrogen-bond donors (Lipinski definition) is 3. The van der Waals surface area contributed by atoms with Crippen LogP contribution in [0.2, 0.25) is 5.02 Å². The van der Waals surface area contributed by atoms with E-state index in [1.165, 1.54) is 29.2 Å². The highest BCUT2D eigenvalue weighted by molar-refractivity contribution is 8.00. The van der Waals surface area contributed by atoms with Crippen LogP contribution in [0.5, 0.6) is 5.75 Å². The molecule has 0 saturated carbocycles. The van der Waals surface area contributed by atoms with Gasteiger partial charge in [-0.25, -0.2) is 4.98 Å². The van der Waals surface area contributed by atoms with E-state index in [0.717, 1.165) is 20.7 Å². The number of amides is 3. The SMILES string of the molecule is COc1ccc2nc(NC(=O)C(Sc3cccc(NC(=O)/C(=C\c4ccccc4Cl)NC(=O)c4ccccc4)c3)c3ccccc3)sc2c1. The lowest BCUT2D eigenvalue weighted by atomic mass is 10.1. The smallest absolute Gasteiger partial charge is 0.272 e. The standard InChI is InChI=1S/C38H29ClN4O4S2/c1-47-28-19-20-31-33(23-28)49-38(42-31)43-37(46)34(24-11-4-2-5-12-24)48-29-17-10-16-27(22-29)40-36(45)32(21-26-15-8-9-18-30(26)39)41-35(44)25-13-6-3-7-14-25/h2-23,34H,1H3,(H,40,45)(H,41,44)(H,42,43,46)/b32-21+. The summed E-state index contributed by atoms with van der Waals surface area (Å²) in [5, 5.41) is 8.88. The van der Waals surface area contributed by atoms with Gasteiger partial charge in [-0.1, -0.05) is 95.7 Å². The molecular formula is C38H29ClN4O4S2. The molecule has 0 aliphatic carbocycles. The minimum Gasteiger partial charge on any atom is -0.497 e. The number of anilines is 2. The first kappa shape index (κ1) is 33.5. The Morgan fingerprint density at radius 1 is 0.837 bits per heavy atom. The Hall–Kier alpha value is -5.42. The van der Waals surface area contributed by atoms with Crippen molar-refractivity contribution in [2.75, 3.05) is 17.7 Å². The number of carbonyl (C=O) groups is 3. The number of rotatable bonds is 11. The van der Waals surface area contributed by atoms with Crippen molar-refractivity contribution >= 4 is 79.5 Å². The zero-order chi connectivity index (χ0) is 34.2. The fraction of sp³-hybridized carbons (Fsp3) is 0.0526. The van der Waals surface area contributed by atoms with Gasteiger partial charge in [-0.15, -0.1) is 11.8 Å². The van der Waals surface area contributed by atoms with Crippen LogP contribution in [0.4, 0.5) is 10.8 Å². The number of thiazole rings is 1. The first-order valence-corrected chi connectivity index (χ1v) is 17.1. The number of halogens is 1. The highest BCUT2D eigenvalue weighted by Crippen LogP contribution is 2.38. The van der Waals surface area contributed by atoms with Gasteiger partial charge >= 0.3 is 0 Å². The van der Waals surface area contributed by atoms with Crippen molar-refractivity contribution in [2.24, 2.45) is 0 Å². The Morgan fingerprint density at radius 2 is 1.57 bits per heavy atom. The second kappa shape index (κ2) is 15.7. The molecule has 0 radical (unpaired) electrons. The zero-order valence-corrected chi connectivity index (χ0v) is 28.4. The molecule has 0 aliphatic rings. The molecule has 1 unspecified atom stereocenters. The van der Waals surface area contributed by atoms with Crippen molar-refractivity contribution in [1.29, 1.82) is 0 Å². The maximum Gasteiger partial charge on any atom is 0.272 e. The van der Waals surface area contributed by atoms with Crippen molar-refractivity contribution < 1.29 is 19.1 Å². The molecule has 0 aliphatic heterocycles. The summed E-state index contributed by atoms with van der Waals surface area (Å²) in [5.41, 5.74) is 3.01. The molecule has 5 aromatic carbocycles. The summed E-state index contributed by atoms with van der Waals surface area (Å²) >= 11 is 9.09. The molecule has 3 N–H and O–H groups in total. The van der Waals surface area contributed by atoms with Crippen LogP contribution in [-0.4, -0.2) is 29.8 Å². The predicted octanol–water partition coefficient (Wildman–Crippen LogP) is 8.84. The molecule has 0 fully saturated rings. The number of carbonyl (C=O) groups excluding carboxylic acids is 3. The molecule has 3 amide bonds. The lowest BCUT2D eigenvalue weighted by Crippen LogP contribution is -2.30. The Kier molecular flexibility index (Phi) is 10.7. The molecule has 6 aromatic rings. The van der Waals surface area contributed by atoms with E-state index in [1.54, 1.807) is 79.9 Å². The van der Waals surface area contributed by atoms with E-state index in [9.17, 15) is 14.4 Å². The van der Waals surface area contributed by atoms with Crippen LogP contribution in [0.25, 0.3) is 16.3 Å². The number of fused-ring (bicyclic) bond motifs is 1. The number of hydrogen-bond acceptors (Lipinski definition) is 7. The van der Waals surface area contributed by atoms with Gasteiger partial charge in [0.2, 0.25) is 5.91 Å². The minimum absolute atomic E-state index is 0.00926. The molecule has 1 heterocycles. The van der Waals surface area contributed by atoms with Crippen LogP contribution >= 0.6 is 34.7 Å². The molecule has 0 bridgehead atoms. The van der Waals surface area contributed by atoms with Gasteiger partial charge in [0.1, 0.15) is 16.7 Å². The Morgan fingerprint density at radius 3 is 2.33 bits per heavy atom. The number of nitrogens with one attached hydrogen (secondary N) is 3. The molecule has 1 atom stereocenters. The molecule has 1 aromatic heterocycles. The van der Waals surface area contributed by atoms with E-state index < -0.39 is 17.1 Å². The third-order valence-electron chi connectivity index (χ3n) is 7.25. The van der Waals surface area contributed by atoms with E-state index in [1.807, 2.05) is 54.6 Å². The zero-order valence-electron chi connectivity index (χ0n) is 26.1. The lowest BCUT2D eigenvalue weighted by Gasteiger charge is -2.17. The van der Waals surface area contributed by atoms with Gasteiger partial charge in [0.05, 0.1) is 17.3 Å². The van der Waals surface area contributed by atoms with Crippen molar-refractivity contribution in [3.63, 3.8) is 0 Å². The Bertz CT molecular complexity index is 2160. The number of thioether (sulfide) groups is 1. The molecule has 11 heteroatoms. The molecular weight excluding hydrogens is 676 g/mol. The van der Waals surface area contributed by atoms with Crippen LogP contribution in [0.15, 0.2) is 138 Å². The monoisotopic (exact) mass is 704 g/mol. The maximum absolute atomic E-state index is 13.8. The van der Waals surface area contributed by atoms with Gasteiger partial charge in [0, 0.05) is 21.2 Å². The summed E-state index contributed by atoms with van der Waals surface area (Å²) in [6, 6.07) is 37.8. The number of methoxy groups -OCH3 is 1. The first-order chi connectivity index (χ1) is 23.9. The quantitative estimate of drug-likeness (QED) is 0.0919. The fourth-order valence-electron chi connectivity index (χ4n) is 4.83. The van der Waals surface area contributed by atoms with Gasteiger partial charge in [0.15, 0.2) is 5.13 Å². The van der Waals surface area contributed by atoms with Crippen LogP contribution in [-0.2, 0) is 9.59 Å². The summed E-state index contributed by atoms with van der Waals surface area (Å²) < 4.78 is 6.22. The van der Waals surface area contributed by atoms with E-state index >= 15 is 0 Å². The molecule has 49 heavy (non-hydrogen) atoms. The summed E-state index contributed by atoms with van der Waals surface area (Å²) in [7, 11) is 1.60. The molecule has 8 nitrogen and oxygen atoms in total. The first-order valence-electron chi connectivity index (χ1n) is 15.1. The number of ether oxygens (including phenoxy) is 1. The van der Waals surface area contributed by atoms with Crippen LogP contribution in [0, 0.1) is 0 Å². The average molecular weight is 705 g/mol. The van der Waals surface area contributed by atoms with Gasteiger partial charge < -0.3 is 20.7 Å². The van der Waals surface area contributed by atoms with E-state index in [2.05, 4.69) is 20.9 Å². The summed E-state index contributed by atoms with van der Waals surface area (Å²) in [5.74, 6) is -0.521. The number of benzene rings is 5. The van der Waals surface area contributed by atoms with E-state index in [-0.39, 0.29) is 11.6 Å². The van der Waals surface area contributed by atoms with Gasteiger partial charge in [-0.3, -0.25) is 14.4 Å². The maximum atomic E-state index is 13.8. The highest BCUT2D eigenvalue weighted by Gasteiger charge is 2.24. The van der Waals surface area contributed by atoms with Crippen molar-refractivity contribution in [3.8, 4) is 5.75 Å². The highest BCUT2D eigenvalue weighted by atomic mass is 35.5. The van der Waals surface area contributed by atoms with Gasteiger partial charge in [-0.05, 0) is 71.8 Å². The third-order valence-corrected chi connectivity index (χ3v) is 9.77. The molecule has 244 valence electrons. The lowest BCUT2D eigenvalue weighted by molar-refractivity contribution is -0.116. The molecule has 6 rings (SSSR count). The number of aromatic nitrogens is 1.